The maximum Gasteiger partial charge on any atom is 0.222 e. The van der Waals surface area contributed by atoms with Gasteiger partial charge in [0.25, 0.3) is 0 Å². The van der Waals surface area contributed by atoms with Crippen LogP contribution >= 0.6 is 11.6 Å². The van der Waals surface area contributed by atoms with Crippen LogP contribution in [-0.4, -0.2) is 29.0 Å². The molecule has 0 aliphatic carbocycles. The minimum atomic E-state index is -0.0283. The lowest BCUT2D eigenvalue weighted by molar-refractivity contribution is 0.373. The molecule has 0 fully saturated rings. The fourth-order valence-electron chi connectivity index (χ4n) is 3.39. The molecule has 1 aliphatic rings. The molecule has 0 spiro atoms. The SMILES string of the molecule is COc1ccc(OC)c([C@H]2C[C@H](c3ccc(Cl)cc3)Nc3ncnn32)c1. The van der Waals surface area contributed by atoms with Gasteiger partial charge in [0.05, 0.1) is 26.3 Å². The Kier molecular flexibility index (Phi) is 4.42. The highest BCUT2D eigenvalue weighted by atomic mass is 35.5. The van der Waals surface area contributed by atoms with Crippen LogP contribution in [0.3, 0.4) is 0 Å². The third-order valence-electron chi connectivity index (χ3n) is 4.70. The third-order valence-corrected chi connectivity index (χ3v) is 4.95. The number of methoxy groups -OCH3 is 2. The van der Waals surface area contributed by atoms with E-state index in [2.05, 4.69) is 15.4 Å². The number of hydrogen-bond donors (Lipinski definition) is 1. The Balaban J connectivity index is 1.77. The second kappa shape index (κ2) is 6.88. The summed E-state index contributed by atoms with van der Waals surface area (Å²) in [6, 6.07) is 13.7. The minimum Gasteiger partial charge on any atom is -0.497 e. The van der Waals surface area contributed by atoms with Gasteiger partial charge in [-0.05, 0) is 42.3 Å². The first-order valence-corrected chi connectivity index (χ1v) is 8.71. The first kappa shape index (κ1) is 16.7. The maximum atomic E-state index is 6.03. The number of halogens is 1. The second-order valence-electron chi connectivity index (χ2n) is 6.14. The summed E-state index contributed by atoms with van der Waals surface area (Å²) in [5.41, 5.74) is 2.16. The van der Waals surface area contributed by atoms with Gasteiger partial charge < -0.3 is 14.8 Å². The molecular weight excluding hydrogens is 352 g/mol. The molecule has 0 saturated heterocycles. The van der Waals surface area contributed by atoms with E-state index in [0.717, 1.165) is 40.0 Å². The molecule has 1 aromatic heterocycles. The van der Waals surface area contributed by atoms with Crippen LogP contribution in [0.4, 0.5) is 5.95 Å². The number of benzene rings is 2. The molecular formula is C19H19ClN4O2. The summed E-state index contributed by atoms with van der Waals surface area (Å²) >= 11 is 6.03. The van der Waals surface area contributed by atoms with Gasteiger partial charge in [0, 0.05) is 10.6 Å². The number of ether oxygens (including phenoxy) is 2. The predicted molar refractivity (Wildman–Crippen MR) is 100 cm³/mol. The molecule has 2 atom stereocenters. The van der Waals surface area contributed by atoms with Gasteiger partial charge in [-0.3, -0.25) is 0 Å². The Morgan fingerprint density at radius 1 is 1.12 bits per heavy atom. The monoisotopic (exact) mass is 370 g/mol. The van der Waals surface area contributed by atoms with Gasteiger partial charge in [-0.15, -0.1) is 0 Å². The van der Waals surface area contributed by atoms with Crippen molar-refractivity contribution in [2.75, 3.05) is 19.5 Å². The van der Waals surface area contributed by atoms with Crippen molar-refractivity contribution < 1.29 is 9.47 Å². The topological polar surface area (TPSA) is 61.2 Å². The molecule has 2 heterocycles. The summed E-state index contributed by atoms with van der Waals surface area (Å²) < 4.78 is 12.9. The van der Waals surface area contributed by atoms with Crippen LogP contribution in [-0.2, 0) is 0 Å². The lowest BCUT2D eigenvalue weighted by Crippen LogP contribution is -2.28. The van der Waals surface area contributed by atoms with Crippen LogP contribution in [0.1, 0.15) is 29.6 Å². The smallest absolute Gasteiger partial charge is 0.222 e. The summed E-state index contributed by atoms with van der Waals surface area (Å²) in [7, 11) is 3.33. The number of fused-ring (bicyclic) bond motifs is 1. The summed E-state index contributed by atoms with van der Waals surface area (Å²) in [5, 5.41) is 8.59. The summed E-state index contributed by atoms with van der Waals surface area (Å²) in [5.74, 6) is 2.31. The fraction of sp³-hybridized carbons (Fsp3) is 0.263. The normalized spacial score (nSPS) is 18.7. The van der Waals surface area contributed by atoms with Crippen LogP contribution < -0.4 is 14.8 Å². The molecule has 0 saturated carbocycles. The number of anilines is 1. The van der Waals surface area contributed by atoms with Crippen molar-refractivity contribution in [3.8, 4) is 11.5 Å². The summed E-state index contributed by atoms with van der Waals surface area (Å²) in [4.78, 5) is 4.37. The summed E-state index contributed by atoms with van der Waals surface area (Å²) in [6.45, 7) is 0. The largest absolute Gasteiger partial charge is 0.497 e. The van der Waals surface area contributed by atoms with Crippen molar-refractivity contribution in [1.29, 1.82) is 0 Å². The Labute approximate surface area is 156 Å². The Hall–Kier alpha value is -2.73. The average Bonchev–Trinajstić information content (AvgIpc) is 3.16. The van der Waals surface area contributed by atoms with E-state index in [9.17, 15) is 0 Å². The van der Waals surface area contributed by atoms with E-state index in [1.165, 1.54) is 0 Å². The zero-order valence-electron chi connectivity index (χ0n) is 14.5. The molecule has 0 unspecified atom stereocenters. The van der Waals surface area contributed by atoms with Gasteiger partial charge in [0.2, 0.25) is 5.95 Å². The van der Waals surface area contributed by atoms with Crippen LogP contribution in [0.25, 0.3) is 0 Å². The maximum absolute atomic E-state index is 6.03. The molecule has 7 heteroatoms. The van der Waals surface area contributed by atoms with Crippen molar-refractivity contribution >= 4 is 17.5 Å². The molecule has 26 heavy (non-hydrogen) atoms. The molecule has 0 radical (unpaired) electrons. The van der Waals surface area contributed by atoms with Crippen LogP contribution in [0, 0.1) is 0 Å². The minimum absolute atomic E-state index is 0.0283. The molecule has 1 N–H and O–H groups in total. The lowest BCUT2D eigenvalue weighted by Gasteiger charge is -2.32. The number of nitrogens with one attached hydrogen (secondary N) is 1. The zero-order chi connectivity index (χ0) is 18.1. The van der Waals surface area contributed by atoms with E-state index in [0.29, 0.717) is 0 Å². The first-order valence-electron chi connectivity index (χ1n) is 8.33. The number of hydrogen-bond acceptors (Lipinski definition) is 5. The van der Waals surface area contributed by atoms with Crippen molar-refractivity contribution in [3.05, 3.63) is 64.9 Å². The standard InChI is InChI=1S/C19H19ClN4O2/c1-25-14-7-8-18(26-2)15(9-14)17-10-16(12-3-5-13(20)6-4-12)23-19-21-11-22-24(17)19/h3-9,11,16-17H,10H2,1-2H3,(H,21,22,23)/t16-,17-/m1/s1. The Morgan fingerprint density at radius 3 is 2.65 bits per heavy atom. The van der Waals surface area contributed by atoms with Crippen molar-refractivity contribution in [1.82, 2.24) is 14.8 Å². The molecule has 3 aromatic rings. The van der Waals surface area contributed by atoms with Gasteiger partial charge in [0.1, 0.15) is 17.8 Å². The molecule has 4 rings (SSSR count). The highest BCUT2D eigenvalue weighted by molar-refractivity contribution is 6.30. The number of nitrogens with zero attached hydrogens (tertiary/aromatic N) is 3. The van der Waals surface area contributed by atoms with Gasteiger partial charge in [0.15, 0.2) is 0 Å². The van der Waals surface area contributed by atoms with Gasteiger partial charge in [-0.1, -0.05) is 23.7 Å². The van der Waals surface area contributed by atoms with Crippen LogP contribution in [0.15, 0.2) is 48.8 Å². The Bertz CT molecular complexity index is 910. The molecule has 0 amide bonds. The van der Waals surface area contributed by atoms with Crippen molar-refractivity contribution in [2.24, 2.45) is 0 Å². The van der Waals surface area contributed by atoms with Crippen molar-refractivity contribution in [3.63, 3.8) is 0 Å². The highest BCUT2D eigenvalue weighted by Gasteiger charge is 2.31. The second-order valence-corrected chi connectivity index (χ2v) is 6.57. The number of rotatable bonds is 4. The molecule has 2 aromatic carbocycles. The summed E-state index contributed by atoms with van der Waals surface area (Å²) in [6.07, 6.45) is 2.35. The van der Waals surface area contributed by atoms with Crippen LogP contribution in [0.2, 0.25) is 5.02 Å². The highest BCUT2D eigenvalue weighted by Crippen LogP contribution is 2.41. The molecule has 0 bridgehead atoms. The Morgan fingerprint density at radius 2 is 1.92 bits per heavy atom. The molecule has 6 nitrogen and oxygen atoms in total. The van der Waals surface area contributed by atoms with E-state index >= 15 is 0 Å². The van der Waals surface area contributed by atoms with Crippen molar-refractivity contribution in [2.45, 2.75) is 18.5 Å². The van der Waals surface area contributed by atoms with E-state index in [1.54, 1.807) is 20.5 Å². The van der Waals surface area contributed by atoms with E-state index in [1.807, 2.05) is 47.1 Å². The molecule has 1 aliphatic heterocycles. The zero-order valence-corrected chi connectivity index (χ0v) is 15.3. The lowest BCUT2D eigenvalue weighted by atomic mass is 9.92. The number of aromatic nitrogens is 3. The van der Waals surface area contributed by atoms with Gasteiger partial charge in [-0.25, -0.2) is 4.68 Å². The van der Waals surface area contributed by atoms with E-state index < -0.39 is 0 Å². The first-order chi connectivity index (χ1) is 12.7. The quantitative estimate of drug-likeness (QED) is 0.749. The van der Waals surface area contributed by atoms with E-state index in [4.69, 9.17) is 21.1 Å². The van der Waals surface area contributed by atoms with Crippen LogP contribution in [0.5, 0.6) is 11.5 Å². The average molecular weight is 371 g/mol. The van der Waals surface area contributed by atoms with E-state index in [-0.39, 0.29) is 12.1 Å². The third kappa shape index (κ3) is 2.97. The van der Waals surface area contributed by atoms with Gasteiger partial charge >= 0.3 is 0 Å². The fourth-order valence-corrected chi connectivity index (χ4v) is 3.52. The molecule has 134 valence electrons. The van der Waals surface area contributed by atoms with Gasteiger partial charge in [-0.2, -0.15) is 10.1 Å². The predicted octanol–water partition coefficient (Wildman–Crippen LogP) is 4.10.